The molecule has 0 bridgehead atoms. The number of carbonyl (C=O) groups is 2. The number of likely N-dealkylation sites (tertiary alicyclic amines) is 1. The summed E-state index contributed by atoms with van der Waals surface area (Å²) in [6, 6.07) is 8.82. The Morgan fingerprint density at radius 1 is 1.26 bits per heavy atom. The van der Waals surface area contributed by atoms with E-state index in [1.54, 1.807) is 20.8 Å². The summed E-state index contributed by atoms with van der Waals surface area (Å²) in [5.74, 6) is -0.281. The standard InChI is InChI=1S/C17H24N2O4/c1-17(2,3)23-16(22)19-13(9-10-14(19)20)15(21)18-11-12-7-5-4-6-8-12/h4-8,13-14,20H,9-11H2,1-3H3,(H,18,21). The number of hydrogen-bond acceptors (Lipinski definition) is 4. The van der Waals surface area contributed by atoms with Gasteiger partial charge in [-0.2, -0.15) is 0 Å². The van der Waals surface area contributed by atoms with Crippen LogP contribution in [0.4, 0.5) is 4.79 Å². The zero-order chi connectivity index (χ0) is 17.0. The van der Waals surface area contributed by atoms with Gasteiger partial charge in [-0.25, -0.2) is 4.79 Å². The SMILES string of the molecule is CC(C)(C)OC(=O)N1C(O)CCC1C(=O)NCc1ccccc1. The summed E-state index contributed by atoms with van der Waals surface area (Å²) in [4.78, 5) is 25.7. The highest BCUT2D eigenvalue weighted by molar-refractivity contribution is 5.86. The third-order valence-electron chi connectivity index (χ3n) is 3.57. The smallest absolute Gasteiger partial charge is 0.413 e. The molecule has 2 atom stereocenters. The molecule has 2 N–H and O–H groups in total. The molecule has 6 nitrogen and oxygen atoms in total. The summed E-state index contributed by atoms with van der Waals surface area (Å²) >= 11 is 0. The van der Waals surface area contributed by atoms with Crippen LogP contribution in [0, 0.1) is 0 Å². The lowest BCUT2D eigenvalue weighted by atomic mass is 10.2. The van der Waals surface area contributed by atoms with E-state index in [1.165, 1.54) is 0 Å². The first-order valence-electron chi connectivity index (χ1n) is 7.79. The third-order valence-corrected chi connectivity index (χ3v) is 3.57. The monoisotopic (exact) mass is 320 g/mol. The Morgan fingerprint density at radius 2 is 1.91 bits per heavy atom. The highest BCUT2D eigenvalue weighted by Gasteiger charge is 2.42. The fourth-order valence-corrected chi connectivity index (χ4v) is 2.52. The minimum absolute atomic E-state index is 0.281. The molecule has 0 aromatic heterocycles. The van der Waals surface area contributed by atoms with Crippen LogP contribution in [0.3, 0.4) is 0 Å². The molecule has 6 heteroatoms. The molecule has 2 rings (SSSR count). The Kier molecular flexibility index (Phi) is 5.26. The number of hydrogen-bond donors (Lipinski definition) is 2. The summed E-state index contributed by atoms with van der Waals surface area (Å²) in [7, 11) is 0. The van der Waals surface area contributed by atoms with E-state index >= 15 is 0 Å². The Labute approximate surface area is 136 Å². The van der Waals surface area contributed by atoms with Crippen LogP contribution < -0.4 is 5.32 Å². The number of rotatable bonds is 3. The van der Waals surface area contributed by atoms with Crippen molar-refractivity contribution in [2.75, 3.05) is 0 Å². The number of ether oxygens (including phenoxy) is 1. The number of nitrogens with one attached hydrogen (secondary N) is 1. The van der Waals surface area contributed by atoms with Gasteiger partial charge < -0.3 is 15.2 Å². The van der Waals surface area contributed by atoms with Crippen LogP contribution in [0.15, 0.2) is 30.3 Å². The molecule has 0 saturated carbocycles. The lowest BCUT2D eigenvalue weighted by Gasteiger charge is -2.29. The normalized spacial score (nSPS) is 21.1. The predicted molar refractivity (Wildman–Crippen MR) is 85.4 cm³/mol. The second kappa shape index (κ2) is 7.00. The van der Waals surface area contributed by atoms with Gasteiger partial charge in [-0.3, -0.25) is 9.69 Å². The fourth-order valence-electron chi connectivity index (χ4n) is 2.52. The van der Waals surface area contributed by atoms with E-state index in [-0.39, 0.29) is 5.91 Å². The maximum absolute atomic E-state index is 12.4. The molecule has 1 aliphatic rings. The molecule has 0 aliphatic carbocycles. The zero-order valence-corrected chi connectivity index (χ0v) is 13.8. The maximum Gasteiger partial charge on any atom is 0.413 e. The van der Waals surface area contributed by atoms with E-state index in [0.29, 0.717) is 19.4 Å². The molecule has 2 amide bonds. The van der Waals surface area contributed by atoms with E-state index < -0.39 is 24.0 Å². The first-order chi connectivity index (χ1) is 10.8. The molecule has 0 spiro atoms. The Balaban J connectivity index is 1.99. The quantitative estimate of drug-likeness (QED) is 0.893. The van der Waals surface area contributed by atoms with Crippen LogP contribution in [0.25, 0.3) is 0 Å². The van der Waals surface area contributed by atoms with Crippen LogP contribution in [0.5, 0.6) is 0 Å². The Hall–Kier alpha value is -2.08. The summed E-state index contributed by atoms with van der Waals surface area (Å²) in [6.07, 6.45) is -0.872. The molecule has 1 aromatic rings. The molecule has 126 valence electrons. The zero-order valence-electron chi connectivity index (χ0n) is 13.8. The fraction of sp³-hybridized carbons (Fsp3) is 0.529. The van der Waals surface area contributed by atoms with Crippen LogP contribution in [0.2, 0.25) is 0 Å². The van der Waals surface area contributed by atoms with Gasteiger partial charge in [0.25, 0.3) is 0 Å². The second-order valence-electron chi connectivity index (χ2n) is 6.66. The first kappa shape index (κ1) is 17.3. The van der Waals surface area contributed by atoms with Gasteiger partial charge in [0.1, 0.15) is 17.9 Å². The van der Waals surface area contributed by atoms with Gasteiger partial charge in [-0.1, -0.05) is 30.3 Å². The molecule has 0 radical (unpaired) electrons. The molecule has 1 fully saturated rings. The van der Waals surface area contributed by atoms with Gasteiger partial charge in [0, 0.05) is 6.54 Å². The molecule has 1 heterocycles. The number of aliphatic hydroxyl groups is 1. The molecule has 1 aliphatic heterocycles. The van der Waals surface area contributed by atoms with E-state index in [1.807, 2.05) is 30.3 Å². The van der Waals surface area contributed by atoms with Gasteiger partial charge in [0.2, 0.25) is 5.91 Å². The summed E-state index contributed by atoms with van der Waals surface area (Å²) in [5.41, 5.74) is 0.299. The number of amides is 2. The molecule has 23 heavy (non-hydrogen) atoms. The number of nitrogens with zero attached hydrogens (tertiary/aromatic N) is 1. The first-order valence-corrected chi connectivity index (χ1v) is 7.79. The van der Waals surface area contributed by atoms with E-state index in [0.717, 1.165) is 10.5 Å². The van der Waals surface area contributed by atoms with Gasteiger partial charge in [0.05, 0.1) is 0 Å². The van der Waals surface area contributed by atoms with E-state index in [9.17, 15) is 14.7 Å². The highest BCUT2D eigenvalue weighted by Crippen LogP contribution is 2.25. The van der Waals surface area contributed by atoms with E-state index in [4.69, 9.17) is 4.74 Å². The van der Waals surface area contributed by atoms with Crippen molar-refractivity contribution in [2.24, 2.45) is 0 Å². The average Bonchev–Trinajstić information content (AvgIpc) is 2.86. The van der Waals surface area contributed by atoms with Crippen molar-refractivity contribution in [3.05, 3.63) is 35.9 Å². The van der Waals surface area contributed by atoms with Gasteiger partial charge in [0.15, 0.2) is 0 Å². The minimum Gasteiger partial charge on any atom is -0.444 e. The van der Waals surface area contributed by atoms with Gasteiger partial charge >= 0.3 is 6.09 Å². The van der Waals surface area contributed by atoms with Crippen LogP contribution >= 0.6 is 0 Å². The van der Waals surface area contributed by atoms with E-state index in [2.05, 4.69) is 5.32 Å². The van der Waals surface area contributed by atoms with Crippen LogP contribution in [0.1, 0.15) is 39.2 Å². The number of aliphatic hydroxyl groups excluding tert-OH is 1. The molecular weight excluding hydrogens is 296 g/mol. The number of carbonyl (C=O) groups excluding carboxylic acids is 2. The number of benzene rings is 1. The lowest BCUT2D eigenvalue weighted by Crippen LogP contribution is -2.50. The molecule has 2 unspecified atom stereocenters. The average molecular weight is 320 g/mol. The van der Waals surface area contributed by atoms with Crippen molar-refractivity contribution in [1.29, 1.82) is 0 Å². The van der Waals surface area contributed by atoms with Crippen molar-refractivity contribution < 1.29 is 19.4 Å². The largest absolute Gasteiger partial charge is 0.444 e. The van der Waals surface area contributed by atoms with Gasteiger partial charge in [-0.05, 0) is 39.2 Å². The van der Waals surface area contributed by atoms with Crippen molar-refractivity contribution in [2.45, 2.75) is 58.0 Å². The molecule has 1 aromatic carbocycles. The summed E-state index contributed by atoms with van der Waals surface area (Å²) in [6.45, 7) is 5.63. The highest BCUT2D eigenvalue weighted by atomic mass is 16.6. The van der Waals surface area contributed by atoms with Crippen molar-refractivity contribution in [3.63, 3.8) is 0 Å². The Bertz CT molecular complexity index is 553. The van der Waals surface area contributed by atoms with Crippen LogP contribution in [-0.2, 0) is 16.1 Å². The molecule has 1 saturated heterocycles. The predicted octanol–water partition coefficient (Wildman–Crippen LogP) is 2.02. The minimum atomic E-state index is -0.989. The third kappa shape index (κ3) is 4.69. The van der Waals surface area contributed by atoms with Gasteiger partial charge in [-0.15, -0.1) is 0 Å². The van der Waals surface area contributed by atoms with Crippen molar-refractivity contribution >= 4 is 12.0 Å². The Morgan fingerprint density at radius 3 is 2.52 bits per heavy atom. The van der Waals surface area contributed by atoms with Crippen molar-refractivity contribution in [1.82, 2.24) is 10.2 Å². The molecular formula is C17H24N2O4. The van der Waals surface area contributed by atoms with Crippen LogP contribution in [-0.4, -0.2) is 39.9 Å². The topological polar surface area (TPSA) is 78.9 Å². The van der Waals surface area contributed by atoms with Crippen molar-refractivity contribution in [3.8, 4) is 0 Å². The second-order valence-corrected chi connectivity index (χ2v) is 6.66. The lowest BCUT2D eigenvalue weighted by molar-refractivity contribution is -0.127. The summed E-state index contributed by atoms with van der Waals surface area (Å²) < 4.78 is 5.28. The maximum atomic E-state index is 12.4. The summed E-state index contributed by atoms with van der Waals surface area (Å²) in [5, 5.41) is 12.8.